The second kappa shape index (κ2) is 7.02. The molecule has 27 heavy (non-hydrogen) atoms. The highest BCUT2D eigenvalue weighted by molar-refractivity contribution is 5.95. The zero-order chi connectivity index (χ0) is 19.0. The van der Waals surface area contributed by atoms with Crippen LogP contribution in [0.4, 0.5) is 4.39 Å². The molecule has 2 heterocycles. The van der Waals surface area contributed by atoms with Gasteiger partial charge in [-0.2, -0.15) is 5.10 Å². The number of carbonyl (C=O) groups excluding carboxylic acids is 1. The quantitative estimate of drug-likeness (QED) is 0.737. The highest BCUT2D eigenvalue weighted by Crippen LogP contribution is 2.31. The van der Waals surface area contributed by atoms with E-state index in [4.69, 9.17) is 4.42 Å². The van der Waals surface area contributed by atoms with Gasteiger partial charge in [0.2, 0.25) is 0 Å². The normalized spacial score (nSPS) is 16.4. The number of amides is 1. The van der Waals surface area contributed by atoms with Crippen molar-refractivity contribution in [3.05, 3.63) is 71.2 Å². The number of furan rings is 1. The Labute approximate surface area is 157 Å². The fraction of sp³-hybridized carbons (Fsp3) is 0.333. The smallest absolute Gasteiger partial charge is 0.255 e. The van der Waals surface area contributed by atoms with E-state index in [-0.39, 0.29) is 23.7 Å². The number of aryl methyl sites for hydroxylation is 1. The van der Waals surface area contributed by atoms with Crippen LogP contribution < -0.4 is 5.32 Å². The molecule has 1 aliphatic rings. The van der Waals surface area contributed by atoms with Gasteiger partial charge in [-0.05, 0) is 49.1 Å². The number of benzene rings is 1. The van der Waals surface area contributed by atoms with Crippen molar-refractivity contribution < 1.29 is 13.6 Å². The fourth-order valence-corrected chi connectivity index (χ4v) is 3.75. The minimum atomic E-state index is -0.303. The molecule has 1 unspecified atom stereocenters. The van der Waals surface area contributed by atoms with Crippen LogP contribution in [-0.4, -0.2) is 15.7 Å². The number of hydrogen-bond donors (Lipinski definition) is 1. The molecule has 0 saturated carbocycles. The zero-order valence-corrected chi connectivity index (χ0v) is 15.4. The maximum atomic E-state index is 13.2. The lowest BCUT2D eigenvalue weighted by atomic mass is 9.93. The van der Waals surface area contributed by atoms with Crippen LogP contribution in [0.1, 0.15) is 66.0 Å². The molecule has 0 bridgehead atoms. The van der Waals surface area contributed by atoms with Crippen LogP contribution >= 0.6 is 0 Å². The summed E-state index contributed by atoms with van der Waals surface area (Å²) in [7, 11) is 0. The second-order valence-electron chi connectivity index (χ2n) is 7.20. The van der Waals surface area contributed by atoms with E-state index < -0.39 is 0 Å². The summed E-state index contributed by atoms with van der Waals surface area (Å²) >= 11 is 0. The van der Waals surface area contributed by atoms with Gasteiger partial charge in [-0.3, -0.25) is 4.79 Å². The van der Waals surface area contributed by atoms with Crippen LogP contribution in [0.25, 0.3) is 5.69 Å². The molecule has 0 fully saturated rings. The van der Waals surface area contributed by atoms with Gasteiger partial charge in [-0.1, -0.05) is 13.8 Å². The van der Waals surface area contributed by atoms with Crippen molar-refractivity contribution in [3.63, 3.8) is 0 Å². The molecule has 1 amide bonds. The van der Waals surface area contributed by atoms with Crippen LogP contribution in [0.3, 0.4) is 0 Å². The van der Waals surface area contributed by atoms with E-state index >= 15 is 0 Å². The van der Waals surface area contributed by atoms with E-state index in [2.05, 4.69) is 10.4 Å². The van der Waals surface area contributed by atoms with Gasteiger partial charge in [0.15, 0.2) is 0 Å². The highest BCUT2D eigenvalue weighted by atomic mass is 19.1. The minimum Gasteiger partial charge on any atom is -0.469 e. The predicted molar refractivity (Wildman–Crippen MR) is 99.5 cm³/mol. The molecular weight excluding hydrogens is 345 g/mol. The molecule has 140 valence electrons. The number of nitrogens with one attached hydrogen (secondary N) is 1. The maximum Gasteiger partial charge on any atom is 0.255 e. The molecule has 0 aliphatic heterocycles. The van der Waals surface area contributed by atoms with Gasteiger partial charge >= 0.3 is 0 Å². The summed E-state index contributed by atoms with van der Waals surface area (Å²) in [6, 6.07) is 8.00. The molecule has 1 aliphatic carbocycles. The average molecular weight is 367 g/mol. The standard InChI is InChI=1S/C21H22FN3O2/c1-13(2)20-17(12-23-25(20)15-8-6-14(22)7-9-15)21(26)24-18-4-3-5-19-16(18)10-11-27-19/h6-13,18H,3-5H2,1-2H3,(H,24,26). The van der Waals surface area contributed by atoms with Gasteiger partial charge in [0.1, 0.15) is 11.6 Å². The van der Waals surface area contributed by atoms with E-state index in [1.165, 1.54) is 12.1 Å². The molecule has 4 rings (SSSR count). The molecule has 1 atom stereocenters. The number of halogens is 1. The Morgan fingerprint density at radius 3 is 2.81 bits per heavy atom. The largest absolute Gasteiger partial charge is 0.469 e. The third-order valence-corrected chi connectivity index (χ3v) is 5.03. The third kappa shape index (κ3) is 3.27. The molecular formula is C21H22FN3O2. The number of carbonyl (C=O) groups is 1. The summed E-state index contributed by atoms with van der Waals surface area (Å²) in [6.07, 6.45) is 6.06. The molecule has 3 aromatic rings. The number of rotatable bonds is 4. The fourth-order valence-electron chi connectivity index (χ4n) is 3.75. The summed E-state index contributed by atoms with van der Waals surface area (Å²) in [5.74, 6) is 0.584. The summed E-state index contributed by atoms with van der Waals surface area (Å²) in [6.45, 7) is 4.03. The van der Waals surface area contributed by atoms with Crippen LogP contribution in [0.15, 0.2) is 47.2 Å². The summed E-state index contributed by atoms with van der Waals surface area (Å²) in [5.41, 5.74) is 3.15. The van der Waals surface area contributed by atoms with Gasteiger partial charge < -0.3 is 9.73 Å². The second-order valence-corrected chi connectivity index (χ2v) is 7.20. The van der Waals surface area contributed by atoms with E-state index in [0.29, 0.717) is 5.56 Å². The van der Waals surface area contributed by atoms with Crippen molar-refractivity contribution in [2.75, 3.05) is 0 Å². The Morgan fingerprint density at radius 1 is 1.30 bits per heavy atom. The van der Waals surface area contributed by atoms with Gasteiger partial charge in [-0.25, -0.2) is 9.07 Å². The topological polar surface area (TPSA) is 60.1 Å². The summed E-state index contributed by atoms with van der Waals surface area (Å²) in [5, 5.41) is 7.54. The van der Waals surface area contributed by atoms with Gasteiger partial charge in [-0.15, -0.1) is 0 Å². The monoisotopic (exact) mass is 367 g/mol. The first-order chi connectivity index (χ1) is 13.0. The molecule has 1 aromatic carbocycles. The molecule has 1 N–H and O–H groups in total. The van der Waals surface area contributed by atoms with E-state index in [0.717, 1.165) is 42.0 Å². The lowest BCUT2D eigenvalue weighted by molar-refractivity contribution is 0.0931. The molecule has 0 saturated heterocycles. The number of nitrogens with zero attached hydrogens (tertiary/aromatic N) is 2. The first-order valence-electron chi connectivity index (χ1n) is 9.25. The van der Waals surface area contributed by atoms with Crippen molar-refractivity contribution in [1.29, 1.82) is 0 Å². The molecule has 0 spiro atoms. The zero-order valence-electron chi connectivity index (χ0n) is 15.4. The summed E-state index contributed by atoms with van der Waals surface area (Å²) in [4.78, 5) is 13.0. The third-order valence-electron chi connectivity index (χ3n) is 5.03. The number of hydrogen-bond acceptors (Lipinski definition) is 3. The maximum absolute atomic E-state index is 13.2. The highest BCUT2D eigenvalue weighted by Gasteiger charge is 2.27. The van der Waals surface area contributed by atoms with Crippen LogP contribution in [0.5, 0.6) is 0 Å². The van der Waals surface area contributed by atoms with Crippen molar-refractivity contribution in [1.82, 2.24) is 15.1 Å². The summed E-state index contributed by atoms with van der Waals surface area (Å²) < 4.78 is 20.5. The van der Waals surface area contributed by atoms with Crippen LogP contribution in [-0.2, 0) is 6.42 Å². The van der Waals surface area contributed by atoms with Crippen molar-refractivity contribution >= 4 is 5.91 Å². The van der Waals surface area contributed by atoms with Gasteiger partial charge in [0.05, 0.1) is 35.4 Å². The lowest BCUT2D eigenvalue weighted by Gasteiger charge is -2.23. The van der Waals surface area contributed by atoms with E-state index in [1.54, 1.807) is 29.3 Å². The molecule has 0 radical (unpaired) electrons. The Balaban J connectivity index is 1.64. The van der Waals surface area contributed by atoms with Crippen LogP contribution in [0.2, 0.25) is 0 Å². The Hall–Kier alpha value is -2.89. The van der Waals surface area contributed by atoms with Crippen molar-refractivity contribution in [3.8, 4) is 5.69 Å². The van der Waals surface area contributed by atoms with E-state index in [1.807, 2.05) is 19.9 Å². The first kappa shape index (κ1) is 17.5. The Bertz CT molecular complexity index is 956. The Morgan fingerprint density at radius 2 is 2.07 bits per heavy atom. The van der Waals surface area contributed by atoms with Crippen molar-refractivity contribution in [2.24, 2.45) is 0 Å². The number of aromatic nitrogens is 2. The Kier molecular flexibility index (Phi) is 4.56. The predicted octanol–water partition coefficient (Wildman–Crippen LogP) is 4.54. The van der Waals surface area contributed by atoms with Gasteiger partial charge in [0, 0.05) is 12.0 Å². The van der Waals surface area contributed by atoms with Crippen molar-refractivity contribution in [2.45, 2.75) is 45.1 Å². The van der Waals surface area contributed by atoms with Gasteiger partial charge in [0.25, 0.3) is 5.91 Å². The molecule has 5 nitrogen and oxygen atoms in total. The minimum absolute atomic E-state index is 0.0471. The number of fused-ring (bicyclic) bond motifs is 1. The lowest BCUT2D eigenvalue weighted by Crippen LogP contribution is -2.31. The molecule has 6 heteroatoms. The average Bonchev–Trinajstić information content (AvgIpc) is 3.30. The first-order valence-corrected chi connectivity index (χ1v) is 9.25. The SMILES string of the molecule is CC(C)c1c(C(=O)NC2CCCc3occc32)cnn1-c1ccc(F)cc1. The van der Waals surface area contributed by atoms with Crippen LogP contribution in [0, 0.1) is 5.82 Å². The van der Waals surface area contributed by atoms with E-state index in [9.17, 15) is 9.18 Å². The molecule has 2 aromatic heterocycles.